The van der Waals surface area contributed by atoms with Crippen molar-refractivity contribution >= 4 is 35.0 Å². The lowest BCUT2D eigenvalue weighted by atomic mass is 9.94. The molecule has 1 saturated heterocycles. The van der Waals surface area contributed by atoms with E-state index in [1.54, 1.807) is 23.1 Å². The van der Waals surface area contributed by atoms with Gasteiger partial charge in [-0.1, -0.05) is 19.3 Å². The van der Waals surface area contributed by atoms with Crippen molar-refractivity contribution in [1.82, 2.24) is 25.3 Å². The van der Waals surface area contributed by atoms with Gasteiger partial charge in [0.05, 0.1) is 12.7 Å². The van der Waals surface area contributed by atoms with Crippen LogP contribution in [0.5, 0.6) is 0 Å². The molecule has 210 valence electrons. The first-order chi connectivity index (χ1) is 18.6. The summed E-state index contributed by atoms with van der Waals surface area (Å²) >= 11 is 0. The van der Waals surface area contributed by atoms with Crippen molar-refractivity contribution in [3.05, 3.63) is 35.5 Å². The standard InChI is InChI=1S/C27H36F2N8O2/c1-18-15-19(24(38)33-36-13-11-34(2)12-14-36)9-10-21(18)31-26-30-16-22-23(32-26)37(20-7-5-4-6-8-20)17-27(28,29)25(39)35(22)3/h9-10,15-16,20H,4-8,11-14,17H2,1-3H3,(H,33,38)(H,30,31,32). The summed E-state index contributed by atoms with van der Waals surface area (Å²) in [6.07, 6.45) is 5.96. The Morgan fingerprint density at radius 3 is 2.49 bits per heavy atom. The predicted octanol–water partition coefficient (Wildman–Crippen LogP) is 3.17. The molecule has 5 rings (SSSR count). The zero-order chi connectivity index (χ0) is 27.7. The zero-order valence-electron chi connectivity index (χ0n) is 22.7. The number of halogens is 2. The number of carbonyl (C=O) groups excluding carboxylic acids is 2. The number of aromatic nitrogens is 2. The maximum atomic E-state index is 14.9. The maximum absolute atomic E-state index is 14.9. The Morgan fingerprint density at radius 2 is 1.79 bits per heavy atom. The Balaban J connectivity index is 1.37. The van der Waals surface area contributed by atoms with E-state index < -0.39 is 18.4 Å². The maximum Gasteiger partial charge on any atom is 0.342 e. The van der Waals surface area contributed by atoms with Crippen molar-refractivity contribution in [2.45, 2.75) is 51.0 Å². The fourth-order valence-corrected chi connectivity index (χ4v) is 5.47. The molecule has 0 radical (unpaired) electrons. The van der Waals surface area contributed by atoms with Gasteiger partial charge in [0.25, 0.3) is 11.8 Å². The molecule has 1 aliphatic carbocycles. The van der Waals surface area contributed by atoms with Crippen LogP contribution in [0.25, 0.3) is 0 Å². The normalized spacial score (nSPS) is 20.9. The summed E-state index contributed by atoms with van der Waals surface area (Å²) in [6.45, 7) is 4.48. The SMILES string of the molecule is Cc1cc(C(=O)NN2CCN(C)CC2)ccc1Nc1ncc2c(n1)N(C1CCCCC1)CC(F)(F)C(=O)N2C. The van der Waals surface area contributed by atoms with Crippen LogP contribution in [0, 0.1) is 6.92 Å². The summed E-state index contributed by atoms with van der Waals surface area (Å²) < 4.78 is 29.8. The minimum absolute atomic E-state index is 0.120. The average molecular weight is 543 g/mol. The Morgan fingerprint density at radius 1 is 1.08 bits per heavy atom. The first kappa shape index (κ1) is 27.2. The number of alkyl halides is 2. The van der Waals surface area contributed by atoms with Crippen molar-refractivity contribution in [1.29, 1.82) is 0 Å². The van der Waals surface area contributed by atoms with Gasteiger partial charge in [-0.25, -0.2) is 9.99 Å². The summed E-state index contributed by atoms with van der Waals surface area (Å²) in [5, 5.41) is 5.11. The highest BCUT2D eigenvalue weighted by Crippen LogP contribution is 2.39. The third kappa shape index (κ3) is 5.81. The van der Waals surface area contributed by atoms with Crippen LogP contribution >= 0.6 is 0 Å². The molecule has 3 aliphatic rings. The van der Waals surface area contributed by atoms with E-state index in [0.717, 1.165) is 68.7 Å². The highest BCUT2D eigenvalue weighted by Gasteiger charge is 2.48. The third-order valence-corrected chi connectivity index (χ3v) is 7.88. The largest absolute Gasteiger partial charge is 0.345 e. The minimum Gasteiger partial charge on any atom is -0.345 e. The van der Waals surface area contributed by atoms with Crippen LogP contribution in [-0.2, 0) is 4.79 Å². The van der Waals surface area contributed by atoms with Crippen LogP contribution in [0.4, 0.5) is 31.9 Å². The first-order valence-corrected chi connectivity index (χ1v) is 13.5. The van der Waals surface area contributed by atoms with Crippen LogP contribution in [0.2, 0.25) is 0 Å². The molecule has 2 aromatic rings. The number of hydrogen-bond donors (Lipinski definition) is 2. The number of nitrogens with one attached hydrogen (secondary N) is 2. The van der Waals surface area contributed by atoms with Gasteiger partial charge in [0.2, 0.25) is 5.95 Å². The summed E-state index contributed by atoms with van der Waals surface area (Å²) in [6, 6.07) is 5.18. The molecule has 0 atom stereocenters. The number of fused-ring (bicyclic) bond motifs is 1. The van der Waals surface area contributed by atoms with E-state index >= 15 is 0 Å². The second-order valence-electron chi connectivity index (χ2n) is 10.8. The quantitative estimate of drug-likeness (QED) is 0.595. The molecule has 0 spiro atoms. The number of amides is 2. The Bertz CT molecular complexity index is 1230. The van der Waals surface area contributed by atoms with Gasteiger partial charge in [0.1, 0.15) is 5.69 Å². The number of anilines is 4. The van der Waals surface area contributed by atoms with Crippen LogP contribution in [0.3, 0.4) is 0 Å². The van der Waals surface area contributed by atoms with Crippen molar-refractivity contribution in [2.75, 3.05) is 61.9 Å². The third-order valence-electron chi connectivity index (χ3n) is 7.88. The highest BCUT2D eigenvalue weighted by atomic mass is 19.3. The molecule has 0 unspecified atom stereocenters. The average Bonchev–Trinajstić information content (AvgIpc) is 3.00. The molecule has 2 fully saturated rings. The molecule has 39 heavy (non-hydrogen) atoms. The number of nitrogens with zero attached hydrogens (tertiary/aromatic N) is 6. The number of hydrazine groups is 1. The van der Waals surface area contributed by atoms with Gasteiger partial charge < -0.3 is 20.0 Å². The molecule has 3 heterocycles. The summed E-state index contributed by atoms with van der Waals surface area (Å²) in [4.78, 5) is 39.1. The number of aryl methyl sites for hydroxylation is 1. The number of carbonyl (C=O) groups is 2. The van der Waals surface area contributed by atoms with Gasteiger partial charge in [-0.15, -0.1) is 0 Å². The fourth-order valence-electron chi connectivity index (χ4n) is 5.47. The summed E-state index contributed by atoms with van der Waals surface area (Å²) in [5.41, 5.74) is 5.27. The number of hydrogen-bond acceptors (Lipinski definition) is 8. The number of rotatable bonds is 5. The molecule has 2 N–H and O–H groups in total. The number of piperazine rings is 1. The molecular weight excluding hydrogens is 506 g/mol. The smallest absolute Gasteiger partial charge is 0.342 e. The van der Waals surface area contributed by atoms with Crippen molar-refractivity contribution in [3.63, 3.8) is 0 Å². The van der Waals surface area contributed by atoms with Crippen LogP contribution in [0.1, 0.15) is 48.0 Å². The topological polar surface area (TPSA) is 96.9 Å². The molecule has 2 aliphatic heterocycles. The summed E-state index contributed by atoms with van der Waals surface area (Å²) in [7, 11) is 3.40. The van der Waals surface area contributed by atoms with E-state index in [2.05, 4.69) is 32.7 Å². The van der Waals surface area contributed by atoms with E-state index in [9.17, 15) is 18.4 Å². The second kappa shape index (κ2) is 11.0. The van der Waals surface area contributed by atoms with Crippen molar-refractivity contribution in [2.24, 2.45) is 0 Å². The van der Waals surface area contributed by atoms with Crippen LogP contribution < -0.4 is 20.5 Å². The van der Waals surface area contributed by atoms with Gasteiger partial charge in [0.15, 0.2) is 5.82 Å². The second-order valence-corrected chi connectivity index (χ2v) is 10.8. The van der Waals surface area contributed by atoms with E-state index in [4.69, 9.17) is 0 Å². The van der Waals surface area contributed by atoms with Gasteiger partial charge in [-0.3, -0.25) is 15.0 Å². The molecule has 12 heteroatoms. The molecule has 0 bridgehead atoms. The Labute approximate surface area is 227 Å². The van der Waals surface area contributed by atoms with Gasteiger partial charge >= 0.3 is 5.92 Å². The lowest BCUT2D eigenvalue weighted by molar-refractivity contribution is -0.140. The lowest BCUT2D eigenvalue weighted by Crippen LogP contribution is -2.52. The monoisotopic (exact) mass is 542 g/mol. The van der Waals surface area contributed by atoms with Crippen molar-refractivity contribution < 1.29 is 18.4 Å². The molecular formula is C27H36F2N8O2. The highest BCUT2D eigenvalue weighted by molar-refractivity contribution is 6.02. The minimum atomic E-state index is -3.53. The number of likely N-dealkylation sites (N-methyl/N-ethyl adjacent to an activating group) is 1. The Kier molecular flexibility index (Phi) is 7.68. The number of benzene rings is 1. The summed E-state index contributed by atoms with van der Waals surface area (Å²) in [5.74, 6) is -4.40. The van der Waals surface area contributed by atoms with Crippen molar-refractivity contribution in [3.8, 4) is 0 Å². The molecule has 1 aromatic heterocycles. The molecule has 10 nitrogen and oxygen atoms in total. The van der Waals surface area contributed by atoms with Gasteiger partial charge in [-0.05, 0) is 50.6 Å². The van der Waals surface area contributed by atoms with Crippen LogP contribution in [-0.4, -0.2) is 90.5 Å². The van der Waals surface area contributed by atoms with Gasteiger partial charge in [-0.2, -0.15) is 13.8 Å². The molecule has 2 amide bonds. The van der Waals surface area contributed by atoms with Crippen LogP contribution in [0.15, 0.2) is 24.4 Å². The Hall–Kier alpha value is -3.38. The lowest BCUT2D eigenvalue weighted by Gasteiger charge is -2.35. The van der Waals surface area contributed by atoms with Gasteiger partial charge in [0, 0.05) is 50.5 Å². The van der Waals surface area contributed by atoms with E-state index in [1.807, 2.05) is 11.9 Å². The first-order valence-electron chi connectivity index (χ1n) is 13.5. The van der Waals surface area contributed by atoms with E-state index in [0.29, 0.717) is 17.1 Å². The zero-order valence-corrected chi connectivity index (χ0v) is 22.7. The van der Waals surface area contributed by atoms with E-state index in [-0.39, 0.29) is 23.6 Å². The predicted molar refractivity (Wildman–Crippen MR) is 146 cm³/mol. The molecule has 1 saturated carbocycles. The van der Waals surface area contributed by atoms with E-state index in [1.165, 1.54) is 13.2 Å². The molecule has 1 aromatic carbocycles. The fraction of sp³-hybridized carbons (Fsp3) is 0.556.